The first-order valence-electron chi connectivity index (χ1n) is 4.67. The summed E-state index contributed by atoms with van der Waals surface area (Å²) in [4.78, 5) is 11.0. The quantitative estimate of drug-likeness (QED) is 0.692. The summed E-state index contributed by atoms with van der Waals surface area (Å²) in [6, 6.07) is 0.272. The lowest BCUT2D eigenvalue weighted by atomic mass is 10.1. The van der Waals surface area contributed by atoms with E-state index in [1.54, 1.807) is 6.92 Å². The molecule has 0 radical (unpaired) electrons. The third-order valence-corrected chi connectivity index (χ3v) is 1.73. The molecule has 0 spiro atoms. The monoisotopic (exact) mass is 173 g/mol. The van der Waals surface area contributed by atoms with E-state index < -0.39 is 0 Å². The number of hydrogen-bond acceptors (Lipinski definition) is 2. The molecule has 0 aromatic heterocycles. The van der Waals surface area contributed by atoms with Gasteiger partial charge in [0.2, 0.25) is 0 Å². The minimum Gasteiger partial charge on any atom is -0.450 e. The van der Waals surface area contributed by atoms with E-state index in [2.05, 4.69) is 19.2 Å². The van der Waals surface area contributed by atoms with Crippen molar-refractivity contribution >= 4 is 6.09 Å². The van der Waals surface area contributed by atoms with E-state index in [1.165, 1.54) is 0 Å². The van der Waals surface area contributed by atoms with Crippen LogP contribution in [0.3, 0.4) is 0 Å². The SMILES string of the molecule is CCCC(CC)NC(=O)OCC. The Morgan fingerprint density at radius 2 is 2.08 bits per heavy atom. The molecule has 3 nitrogen and oxygen atoms in total. The van der Waals surface area contributed by atoms with Gasteiger partial charge in [-0.1, -0.05) is 20.3 Å². The highest BCUT2D eigenvalue weighted by Crippen LogP contribution is 2.00. The highest BCUT2D eigenvalue weighted by atomic mass is 16.5. The van der Waals surface area contributed by atoms with Crippen molar-refractivity contribution in [1.29, 1.82) is 0 Å². The van der Waals surface area contributed by atoms with Gasteiger partial charge < -0.3 is 10.1 Å². The van der Waals surface area contributed by atoms with Crippen molar-refractivity contribution in [1.82, 2.24) is 5.32 Å². The number of hydrogen-bond donors (Lipinski definition) is 1. The van der Waals surface area contributed by atoms with Gasteiger partial charge in [0.25, 0.3) is 0 Å². The lowest BCUT2D eigenvalue weighted by Crippen LogP contribution is -2.34. The maximum atomic E-state index is 11.0. The Hall–Kier alpha value is -0.730. The first kappa shape index (κ1) is 11.3. The first-order chi connectivity index (χ1) is 5.74. The molecule has 12 heavy (non-hydrogen) atoms. The van der Waals surface area contributed by atoms with Crippen LogP contribution in [0.2, 0.25) is 0 Å². The molecule has 0 bridgehead atoms. The molecule has 0 aromatic carbocycles. The van der Waals surface area contributed by atoms with Gasteiger partial charge in [-0.2, -0.15) is 0 Å². The lowest BCUT2D eigenvalue weighted by molar-refractivity contribution is 0.147. The molecule has 0 rings (SSSR count). The number of rotatable bonds is 5. The molecule has 72 valence electrons. The standard InChI is InChI=1S/C9H19NO2/c1-4-7-8(5-2)10-9(11)12-6-3/h8H,4-7H2,1-3H3,(H,10,11). The zero-order valence-electron chi connectivity index (χ0n) is 8.22. The van der Waals surface area contributed by atoms with E-state index in [4.69, 9.17) is 4.74 Å². The predicted octanol–water partition coefficient (Wildman–Crippen LogP) is 2.31. The molecular formula is C9H19NO2. The molecule has 1 N–H and O–H groups in total. The molecule has 0 aliphatic rings. The number of alkyl carbamates (subject to hydrolysis) is 1. The fourth-order valence-electron chi connectivity index (χ4n) is 1.07. The van der Waals surface area contributed by atoms with Gasteiger partial charge >= 0.3 is 6.09 Å². The summed E-state index contributed by atoms with van der Waals surface area (Å²) in [5, 5.41) is 2.81. The van der Waals surface area contributed by atoms with Crippen LogP contribution in [0, 0.1) is 0 Å². The average molecular weight is 173 g/mol. The van der Waals surface area contributed by atoms with Gasteiger partial charge in [-0.3, -0.25) is 0 Å². The molecule has 0 saturated carbocycles. The number of carbonyl (C=O) groups is 1. The summed E-state index contributed by atoms with van der Waals surface area (Å²) >= 11 is 0. The van der Waals surface area contributed by atoms with Crippen molar-refractivity contribution in [3.8, 4) is 0 Å². The summed E-state index contributed by atoms with van der Waals surface area (Å²) in [6.07, 6.45) is 2.78. The van der Waals surface area contributed by atoms with Gasteiger partial charge in [-0.05, 0) is 19.8 Å². The summed E-state index contributed by atoms with van der Waals surface area (Å²) in [5.41, 5.74) is 0. The third kappa shape index (κ3) is 4.99. The molecule has 1 amide bonds. The van der Waals surface area contributed by atoms with E-state index >= 15 is 0 Å². The fraction of sp³-hybridized carbons (Fsp3) is 0.889. The molecule has 3 heteroatoms. The summed E-state index contributed by atoms with van der Waals surface area (Å²) < 4.78 is 4.77. The van der Waals surface area contributed by atoms with Crippen molar-refractivity contribution in [2.75, 3.05) is 6.61 Å². The predicted molar refractivity (Wildman–Crippen MR) is 49.1 cm³/mol. The van der Waals surface area contributed by atoms with Gasteiger partial charge in [0, 0.05) is 6.04 Å². The van der Waals surface area contributed by atoms with Gasteiger partial charge in [-0.15, -0.1) is 0 Å². The van der Waals surface area contributed by atoms with E-state index in [0.29, 0.717) is 6.61 Å². The normalized spacial score (nSPS) is 12.2. The van der Waals surface area contributed by atoms with Crippen LogP contribution < -0.4 is 5.32 Å². The van der Waals surface area contributed by atoms with Crippen molar-refractivity contribution in [3.05, 3.63) is 0 Å². The third-order valence-electron chi connectivity index (χ3n) is 1.73. The largest absolute Gasteiger partial charge is 0.450 e. The summed E-state index contributed by atoms with van der Waals surface area (Å²) in [6.45, 7) is 6.41. The van der Waals surface area contributed by atoms with Gasteiger partial charge in [0.1, 0.15) is 0 Å². The summed E-state index contributed by atoms with van der Waals surface area (Å²) in [7, 11) is 0. The molecule has 0 aromatic rings. The minimum atomic E-state index is -0.294. The van der Waals surface area contributed by atoms with E-state index in [-0.39, 0.29) is 12.1 Å². The highest BCUT2D eigenvalue weighted by molar-refractivity contribution is 5.67. The number of amides is 1. The van der Waals surface area contributed by atoms with Gasteiger partial charge in [-0.25, -0.2) is 4.79 Å². The van der Waals surface area contributed by atoms with Crippen LogP contribution in [-0.4, -0.2) is 18.7 Å². The van der Waals surface area contributed by atoms with Crippen LogP contribution in [0.15, 0.2) is 0 Å². The zero-order chi connectivity index (χ0) is 9.40. The van der Waals surface area contributed by atoms with Crippen LogP contribution in [-0.2, 0) is 4.74 Å². The minimum absolute atomic E-state index is 0.272. The van der Waals surface area contributed by atoms with Gasteiger partial charge in [0.05, 0.1) is 6.61 Å². The Morgan fingerprint density at radius 1 is 1.42 bits per heavy atom. The second kappa shape index (κ2) is 6.95. The molecule has 1 unspecified atom stereocenters. The average Bonchev–Trinajstić information content (AvgIpc) is 2.04. The van der Waals surface area contributed by atoms with Crippen molar-refractivity contribution in [3.63, 3.8) is 0 Å². The van der Waals surface area contributed by atoms with E-state index in [1.807, 2.05) is 0 Å². The molecule has 0 aliphatic carbocycles. The molecule has 0 aliphatic heterocycles. The van der Waals surface area contributed by atoms with Crippen LogP contribution >= 0.6 is 0 Å². The zero-order valence-corrected chi connectivity index (χ0v) is 8.22. The summed E-state index contributed by atoms with van der Waals surface area (Å²) in [5.74, 6) is 0. The molecular weight excluding hydrogens is 154 g/mol. The van der Waals surface area contributed by atoms with Crippen LogP contribution in [0.1, 0.15) is 40.0 Å². The Morgan fingerprint density at radius 3 is 2.50 bits per heavy atom. The Bertz CT molecular complexity index is 126. The van der Waals surface area contributed by atoms with Crippen LogP contribution in [0.5, 0.6) is 0 Å². The van der Waals surface area contributed by atoms with E-state index in [0.717, 1.165) is 19.3 Å². The van der Waals surface area contributed by atoms with Crippen molar-refractivity contribution in [2.24, 2.45) is 0 Å². The van der Waals surface area contributed by atoms with Gasteiger partial charge in [0.15, 0.2) is 0 Å². The topological polar surface area (TPSA) is 38.3 Å². The highest BCUT2D eigenvalue weighted by Gasteiger charge is 2.08. The second-order valence-electron chi connectivity index (χ2n) is 2.76. The van der Waals surface area contributed by atoms with Crippen molar-refractivity contribution in [2.45, 2.75) is 46.1 Å². The Labute approximate surface area is 74.5 Å². The number of carbonyl (C=O) groups excluding carboxylic acids is 1. The Balaban J connectivity index is 3.61. The maximum absolute atomic E-state index is 11.0. The van der Waals surface area contributed by atoms with Crippen LogP contribution in [0.4, 0.5) is 4.79 Å². The van der Waals surface area contributed by atoms with E-state index in [9.17, 15) is 4.79 Å². The first-order valence-corrected chi connectivity index (χ1v) is 4.67. The Kier molecular flexibility index (Phi) is 6.53. The second-order valence-corrected chi connectivity index (χ2v) is 2.76. The molecule has 0 saturated heterocycles. The van der Waals surface area contributed by atoms with Crippen molar-refractivity contribution < 1.29 is 9.53 Å². The molecule has 1 atom stereocenters. The van der Waals surface area contributed by atoms with Crippen LogP contribution in [0.25, 0.3) is 0 Å². The fourth-order valence-corrected chi connectivity index (χ4v) is 1.07. The molecule has 0 heterocycles. The molecule has 0 fully saturated rings. The lowest BCUT2D eigenvalue weighted by Gasteiger charge is -2.15. The smallest absolute Gasteiger partial charge is 0.407 e. The maximum Gasteiger partial charge on any atom is 0.407 e. The number of ether oxygens (including phenoxy) is 1. The number of nitrogens with one attached hydrogen (secondary N) is 1.